The molecule has 0 saturated heterocycles. The van der Waals surface area contributed by atoms with Gasteiger partial charge in [-0.1, -0.05) is 36.4 Å². The summed E-state index contributed by atoms with van der Waals surface area (Å²) in [7, 11) is 0. The molecule has 0 aromatic heterocycles. The van der Waals surface area contributed by atoms with Crippen LogP contribution in [-0.4, -0.2) is 18.8 Å². The Balaban J connectivity index is 2.05. The van der Waals surface area contributed by atoms with Crippen LogP contribution in [0.15, 0.2) is 59.5 Å². The molecular weight excluding hydrogens is 308 g/mol. The van der Waals surface area contributed by atoms with E-state index in [4.69, 9.17) is 9.47 Å². The molecular formula is C19H20O3S. The normalized spacial score (nSPS) is 10.7. The van der Waals surface area contributed by atoms with Crippen molar-refractivity contribution >= 4 is 23.8 Å². The van der Waals surface area contributed by atoms with Crippen molar-refractivity contribution in [2.45, 2.75) is 18.4 Å². The van der Waals surface area contributed by atoms with Crippen molar-refractivity contribution in [3.05, 3.63) is 65.7 Å². The summed E-state index contributed by atoms with van der Waals surface area (Å²) in [6, 6.07) is 15.9. The van der Waals surface area contributed by atoms with Gasteiger partial charge in [0.15, 0.2) is 0 Å². The summed E-state index contributed by atoms with van der Waals surface area (Å²) in [6.07, 6.45) is 5.19. The van der Waals surface area contributed by atoms with E-state index in [-0.39, 0.29) is 5.97 Å². The van der Waals surface area contributed by atoms with E-state index in [0.717, 1.165) is 21.8 Å². The fraction of sp³-hybridized carbons (Fsp3) is 0.211. The van der Waals surface area contributed by atoms with Gasteiger partial charge in [0, 0.05) is 11.0 Å². The van der Waals surface area contributed by atoms with Gasteiger partial charge >= 0.3 is 5.97 Å². The Hall–Kier alpha value is -2.20. The number of carbonyl (C=O) groups excluding carboxylic acids is 1. The van der Waals surface area contributed by atoms with E-state index in [2.05, 4.69) is 0 Å². The summed E-state index contributed by atoms with van der Waals surface area (Å²) in [6.45, 7) is 2.70. The maximum Gasteiger partial charge on any atom is 0.330 e. The zero-order valence-electron chi connectivity index (χ0n) is 13.3. The van der Waals surface area contributed by atoms with Crippen molar-refractivity contribution < 1.29 is 14.3 Å². The highest BCUT2D eigenvalue weighted by Gasteiger charge is 2.04. The van der Waals surface area contributed by atoms with Gasteiger partial charge in [-0.05, 0) is 42.5 Å². The highest BCUT2D eigenvalue weighted by atomic mass is 32.2. The molecule has 3 nitrogen and oxygen atoms in total. The van der Waals surface area contributed by atoms with Crippen LogP contribution in [0.4, 0.5) is 0 Å². The number of esters is 1. The zero-order valence-corrected chi connectivity index (χ0v) is 14.1. The molecule has 0 radical (unpaired) electrons. The molecule has 0 N–H and O–H groups in total. The van der Waals surface area contributed by atoms with Gasteiger partial charge in [0.05, 0.1) is 6.61 Å². The first-order chi connectivity index (χ1) is 11.2. The lowest BCUT2D eigenvalue weighted by atomic mass is 10.2. The Kier molecular flexibility index (Phi) is 6.76. The number of hydrogen-bond donors (Lipinski definition) is 0. The summed E-state index contributed by atoms with van der Waals surface area (Å²) in [5, 5.41) is 0. The Labute approximate surface area is 141 Å². The fourth-order valence-corrected chi connectivity index (χ4v) is 2.58. The minimum absolute atomic E-state index is 0.331. The van der Waals surface area contributed by atoms with Crippen LogP contribution in [0.5, 0.6) is 5.75 Å². The largest absolute Gasteiger partial charge is 0.488 e. The molecule has 0 saturated carbocycles. The van der Waals surface area contributed by atoms with Crippen molar-refractivity contribution in [1.29, 1.82) is 0 Å². The second-order valence-corrected chi connectivity index (χ2v) is 5.62. The first-order valence-electron chi connectivity index (χ1n) is 7.42. The monoisotopic (exact) mass is 328 g/mol. The topological polar surface area (TPSA) is 35.5 Å². The number of benzene rings is 2. The SMILES string of the molecule is CCOC(=O)C=Cc1ccc(OCc2ccccc2)c(SC)c1. The average Bonchev–Trinajstić information content (AvgIpc) is 2.59. The van der Waals surface area contributed by atoms with E-state index in [0.29, 0.717) is 13.2 Å². The Morgan fingerprint density at radius 1 is 1.17 bits per heavy atom. The van der Waals surface area contributed by atoms with Crippen LogP contribution in [0.1, 0.15) is 18.1 Å². The molecule has 120 valence electrons. The van der Waals surface area contributed by atoms with Crippen LogP contribution in [0.25, 0.3) is 6.08 Å². The van der Waals surface area contributed by atoms with Crippen molar-refractivity contribution in [2.75, 3.05) is 12.9 Å². The minimum atomic E-state index is -0.331. The lowest BCUT2D eigenvalue weighted by Crippen LogP contribution is -1.99. The molecule has 2 rings (SSSR count). The summed E-state index contributed by atoms with van der Waals surface area (Å²) in [5.74, 6) is 0.511. The first-order valence-corrected chi connectivity index (χ1v) is 8.65. The Bertz CT molecular complexity index is 666. The molecule has 2 aromatic carbocycles. The minimum Gasteiger partial charge on any atom is -0.488 e. The lowest BCUT2D eigenvalue weighted by Gasteiger charge is -2.11. The standard InChI is InChI=1S/C19H20O3S/c1-3-21-19(20)12-10-15-9-11-17(18(13-15)23-2)22-14-16-7-5-4-6-8-16/h4-13H,3,14H2,1-2H3. The van der Waals surface area contributed by atoms with Gasteiger partial charge in [-0.2, -0.15) is 0 Å². The van der Waals surface area contributed by atoms with Gasteiger partial charge in [-0.3, -0.25) is 0 Å². The zero-order chi connectivity index (χ0) is 16.5. The van der Waals surface area contributed by atoms with E-state index in [1.54, 1.807) is 24.8 Å². The van der Waals surface area contributed by atoms with E-state index in [1.165, 1.54) is 6.08 Å². The second-order valence-electron chi connectivity index (χ2n) is 4.77. The van der Waals surface area contributed by atoms with Crippen LogP contribution in [0, 0.1) is 0 Å². The van der Waals surface area contributed by atoms with Crippen molar-refractivity contribution in [2.24, 2.45) is 0 Å². The van der Waals surface area contributed by atoms with Crippen molar-refractivity contribution in [3.63, 3.8) is 0 Å². The summed E-state index contributed by atoms with van der Waals surface area (Å²) < 4.78 is 10.8. The van der Waals surface area contributed by atoms with Crippen LogP contribution in [-0.2, 0) is 16.1 Å². The summed E-state index contributed by atoms with van der Waals surface area (Å²) >= 11 is 1.61. The van der Waals surface area contributed by atoms with Gasteiger partial charge in [0.25, 0.3) is 0 Å². The Morgan fingerprint density at radius 2 is 1.96 bits per heavy atom. The molecule has 0 spiro atoms. The molecule has 0 fully saturated rings. The molecule has 0 heterocycles. The molecule has 0 aliphatic carbocycles. The van der Waals surface area contributed by atoms with Crippen LogP contribution < -0.4 is 4.74 Å². The van der Waals surface area contributed by atoms with Crippen molar-refractivity contribution in [3.8, 4) is 5.75 Å². The molecule has 23 heavy (non-hydrogen) atoms. The Morgan fingerprint density at radius 3 is 2.65 bits per heavy atom. The van der Waals surface area contributed by atoms with E-state index in [1.807, 2.05) is 54.8 Å². The highest BCUT2D eigenvalue weighted by Crippen LogP contribution is 2.29. The smallest absolute Gasteiger partial charge is 0.330 e. The molecule has 0 amide bonds. The van der Waals surface area contributed by atoms with Gasteiger partial charge < -0.3 is 9.47 Å². The number of thioether (sulfide) groups is 1. The average molecular weight is 328 g/mol. The molecule has 0 unspecified atom stereocenters. The molecule has 0 atom stereocenters. The lowest BCUT2D eigenvalue weighted by molar-refractivity contribution is -0.137. The van der Waals surface area contributed by atoms with E-state index < -0.39 is 0 Å². The van der Waals surface area contributed by atoms with Crippen LogP contribution >= 0.6 is 11.8 Å². The third-order valence-corrected chi connectivity index (χ3v) is 3.88. The maximum absolute atomic E-state index is 11.4. The quantitative estimate of drug-likeness (QED) is 0.424. The number of carbonyl (C=O) groups is 1. The predicted octanol–water partition coefficient (Wildman–Crippen LogP) is 4.56. The van der Waals surface area contributed by atoms with Crippen molar-refractivity contribution in [1.82, 2.24) is 0 Å². The van der Waals surface area contributed by atoms with E-state index in [9.17, 15) is 4.79 Å². The first kappa shape index (κ1) is 17.2. The van der Waals surface area contributed by atoms with Crippen LogP contribution in [0.2, 0.25) is 0 Å². The molecule has 0 bridgehead atoms. The van der Waals surface area contributed by atoms with Crippen LogP contribution in [0.3, 0.4) is 0 Å². The third kappa shape index (κ3) is 5.49. The fourth-order valence-electron chi connectivity index (χ4n) is 2.00. The molecule has 0 aliphatic heterocycles. The number of ether oxygens (including phenoxy) is 2. The number of hydrogen-bond acceptors (Lipinski definition) is 4. The van der Waals surface area contributed by atoms with Gasteiger partial charge in [0.1, 0.15) is 12.4 Å². The summed E-state index contributed by atoms with van der Waals surface area (Å²) in [5.41, 5.74) is 2.07. The predicted molar refractivity (Wildman–Crippen MR) is 94.7 cm³/mol. The molecule has 0 aliphatic rings. The van der Waals surface area contributed by atoms with Gasteiger partial charge in [-0.15, -0.1) is 11.8 Å². The second kappa shape index (κ2) is 9.06. The summed E-state index contributed by atoms with van der Waals surface area (Å²) in [4.78, 5) is 12.4. The maximum atomic E-state index is 11.4. The van der Waals surface area contributed by atoms with Gasteiger partial charge in [0.2, 0.25) is 0 Å². The third-order valence-electron chi connectivity index (χ3n) is 3.12. The van der Waals surface area contributed by atoms with Gasteiger partial charge in [-0.25, -0.2) is 4.79 Å². The molecule has 2 aromatic rings. The van der Waals surface area contributed by atoms with E-state index >= 15 is 0 Å². The highest BCUT2D eigenvalue weighted by molar-refractivity contribution is 7.98. The molecule has 4 heteroatoms. The number of rotatable bonds is 7.